The highest BCUT2D eigenvalue weighted by molar-refractivity contribution is 5.84. The largest absolute Gasteiger partial charge is 0.435 e. The highest BCUT2D eigenvalue weighted by Gasteiger charge is 2.09. The second-order valence-corrected chi connectivity index (χ2v) is 4.35. The number of hydrogen-bond donors (Lipinski definition) is 0. The van der Waals surface area contributed by atoms with E-state index in [0.717, 1.165) is 16.6 Å². The number of aromatic nitrogens is 2. The number of rotatable bonds is 2. The van der Waals surface area contributed by atoms with Gasteiger partial charge in [-0.15, -0.1) is 0 Å². The zero-order chi connectivity index (χ0) is 13.9. The van der Waals surface area contributed by atoms with Crippen molar-refractivity contribution in [2.24, 2.45) is 0 Å². The molecular formula is C16H11N3O. The van der Waals surface area contributed by atoms with Crippen LogP contribution in [0.3, 0.4) is 0 Å². The predicted octanol–water partition coefficient (Wildman–Crippen LogP) is 3.60. The molecule has 0 aliphatic carbocycles. The highest BCUT2D eigenvalue weighted by atomic mass is 16.5. The van der Waals surface area contributed by atoms with Gasteiger partial charge in [-0.1, -0.05) is 18.2 Å². The minimum Gasteiger partial charge on any atom is -0.435 e. The van der Waals surface area contributed by atoms with Crippen LogP contribution in [-0.4, -0.2) is 9.97 Å². The molecule has 0 radical (unpaired) electrons. The first kappa shape index (κ1) is 12.1. The summed E-state index contributed by atoms with van der Waals surface area (Å²) in [6.45, 7) is 1.93. The van der Waals surface area contributed by atoms with E-state index in [0.29, 0.717) is 17.2 Å². The van der Waals surface area contributed by atoms with E-state index in [1.807, 2.05) is 37.3 Å². The lowest BCUT2D eigenvalue weighted by Gasteiger charge is -2.08. The Labute approximate surface area is 116 Å². The smallest absolute Gasteiger partial charge is 0.237 e. The van der Waals surface area contributed by atoms with Crippen LogP contribution in [0, 0.1) is 18.3 Å². The van der Waals surface area contributed by atoms with E-state index in [1.54, 1.807) is 18.3 Å². The van der Waals surface area contributed by atoms with Gasteiger partial charge in [-0.2, -0.15) is 5.26 Å². The number of nitrogens with zero attached hydrogens (tertiary/aromatic N) is 3. The van der Waals surface area contributed by atoms with Gasteiger partial charge in [0, 0.05) is 17.3 Å². The average molecular weight is 261 g/mol. The fourth-order valence-corrected chi connectivity index (χ4v) is 1.96. The molecule has 4 nitrogen and oxygen atoms in total. The molecule has 0 N–H and O–H groups in total. The molecule has 0 amide bonds. The molecule has 0 fully saturated rings. The van der Waals surface area contributed by atoms with Crippen LogP contribution in [0.25, 0.3) is 10.9 Å². The number of hydrogen-bond acceptors (Lipinski definition) is 4. The maximum Gasteiger partial charge on any atom is 0.237 e. The maximum absolute atomic E-state index is 9.07. The van der Waals surface area contributed by atoms with Crippen LogP contribution in [0.5, 0.6) is 11.6 Å². The summed E-state index contributed by atoms with van der Waals surface area (Å²) < 4.78 is 5.77. The van der Waals surface area contributed by atoms with Crippen LogP contribution in [0.1, 0.15) is 11.3 Å². The van der Waals surface area contributed by atoms with Crippen molar-refractivity contribution >= 4 is 10.9 Å². The molecule has 0 unspecified atom stereocenters. The summed E-state index contributed by atoms with van der Waals surface area (Å²) in [5, 5.41) is 10.1. The third-order valence-electron chi connectivity index (χ3n) is 2.92. The molecule has 0 spiro atoms. The Hall–Kier alpha value is -2.93. The summed E-state index contributed by atoms with van der Waals surface area (Å²) in [6.07, 6.45) is 1.60. The molecule has 3 aromatic rings. The van der Waals surface area contributed by atoms with Crippen LogP contribution in [0.15, 0.2) is 48.7 Å². The van der Waals surface area contributed by atoms with Crippen molar-refractivity contribution in [3.8, 4) is 17.7 Å². The van der Waals surface area contributed by atoms with E-state index in [1.165, 1.54) is 0 Å². The van der Waals surface area contributed by atoms with E-state index < -0.39 is 0 Å². The summed E-state index contributed by atoms with van der Waals surface area (Å²) >= 11 is 0. The van der Waals surface area contributed by atoms with E-state index >= 15 is 0 Å². The van der Waals surface area contributed by atoms with Crippen molar-refractivity contribution < 1.29 is 4.74 Å². The number of nitriles is 1. The van der Waals surface area contributed by atoms with Gasteiger partial charge in [-0.05, 0) is 31.2 Å². The normalized spacial score (nSPS) is 10.2. The summed E-state index contributed by atoms with van der Waals surface area (Å²) in [7, 11) is 0. The minimum absolute atomic E-state index is 0.297. The summed E-state index contributed by atoms with van der Waals surface area (Å²) in [4.78, 5) is 8.59. The zero-order valence-corrected chi connectivity index (χ0v) is 10.9. The molecule has 1 aromatic carbocycles. The fourth-order valence-electron chi connectivity index (χ4n) is 1.96. The zero-order valence-electron chi connectivity index (χ0n) is 10.9. The Balaban J connectivity index is 2.11. The minimum atomic E-state index is 0.297. The van der Waals surface area contributed by atoms with E-state index in [-0.39, 0.29) is 0 Å². The molecule has 2 aromatic heterocycles. The molecule has 96 valence electrons. The lowest BCUT2D eigenvalue weighted by molar-refractivity contribution is 0.465. The Kier molecular flexibility index (Phi) is 3.02. The number of aryl methyl sites for hydroxylation is 1. The lowest BCUT2D eigenvalue weighted by atomic mass is 10.2. The molecule has 0 bridgehead atoms. The van der Waals surface area contributed by atoms with Crippen molar-refractivity contribution in [2.45, 2.75) is 6.92 Å². The van der Waals surface area contributed by atoms with E-state index in [4.69, 9.17) is 10.00 Å². The Bertz CT molecular complexity index is 821. The van der Waals surface area contributed by atoms with Gasteiger partial charge in [-0.3, -0.25) is 0 Å². The van der Waals surface area contributed by atoms with E-state index in [2.05, 4.69) is 16.0 Å². The van der Waals surface area contributed by atoms with Crippen LogP contribution >= 0.6 is 0 Å². The standard InChI is InChI=1S/C16H11N3O/c1-11-7-8-12-4-2-6-14(15(12)19-11)20-16-13(10-17)5-3-9-18-16/h2-9H,1H3. The number of para-hydroxylation sites is 1. The molecule has 0 saturated carbocycles. The molecule has 20 heavy (non-hydrogen) atoms. The third kappa shape index (κ3) is 2.17. The van der Waals surface area contributed by atoms with Gasteiger partial charge in [0.25, 0.3) is 0 Å². The molecule has 3 rings (SSSR count). The first-order valence-corrected chi connectivity index (χ1v) is 6.17. The highest BCUT2D eigenvalue weighted by Crippen LogP contribution is 2.29. The summed E-state index contributed by atoms with van der Waals surface area (Å²) in [5.74, 6) is 0.896. The molecule has 0 saturated heterocycles. The SMILES string of the molecule is Cc1ccc2cccc(Oc3ncccc3C#N)c2n1. The first-order chi connectivity index (χ1) is 9.78. The first-order valence-electron chi connectivity index (χ1n) is 6.17. The van der Waals surface area contributed by atoms with Gasteiger partial charge in [0.05, 0.1) is 0 Å². The quantitative estimate of drug-likeness (QED) is 0.707. The Morgan fingerprint density at radius 2 is 2.00 bits per heavy atom. The van der Waals surface area contributed by atoms with Gasteiger partial charge in [0.2, 0.25) is 5.88 Å². The summed E-state index contributed by atoms with van der Waals surface area (Å²) in [6, 6.07) is 15.1. The van der Waals surface area contributed by atoms with Gasteiger partial charge in [0.15, 0.2) is 5.75 Å². The molecule has 0 aliphatic rings. The van der Waals surface area contributed by atoms with Crippen LogP contribution < -0.4 is 4.74 Å². The summed E-state index contributed by atoms with van der Waals surface area (Å²) in [5.41, 5.74) is 2.08. The molecule has 4 heteroatoms. The fraction of sp³-hybridized carbons (Fsp3) is 0.0625. The second kappa shape index (κ2) is 4.98. The van der Waals surface area contributed by atoms with Crippen LogP contribution in [0.2, 0.25) is 0 Å². The van der Waals surface area contributed by atoms with Gasteiger partial charge in [-0.25, -0.2) is 9.97 Å². The molecule has 0 atom stereocenters. The van der Waals surface area contributed by atoms with Crippen molar-refractivity contribution in [1.82, 2.24) is 9.97 Å². The monoisotopic (exact) mass is 261 g/mol. The third-order valence-corrected chi connectivity index (χ3v) is 2.92. The maximum atomic E-state index is 9.07. The van der Waals surface area contributed by atoms with Crippen molar-refractivity contribution in [1.29, 1.82) is 5.26 Å². The molecule has 2 heterocycles. The topological polar surface area (TPSA) is 58.8 Å². The van der Waals surface area contributed by atoms with Gasteiger partial charge < -0.3 is 4.74 Å². The lowest BCUT2D eigenvalue weighted by Crippen LogP contribution is -1.93. The molecule has 0 aliphatic heterocycles. The Morgan fingerprint density at radius 1 is 1.10 bits per heavy atom. The average Bonchev–Trinajstić information content (AvgIpc) is 2.48. The number of fused-ring (bicyclic) bond motifs is 1. The van der Waals surface area contributed by atoms with Gasteiger partial charge >= 0.3 is 0 Å². The van der Waals surface area contributed by atoms with Crippen molar-refractivity contribution in [3.05, 3.63) is 59.9 Å². The van der Waals surface area contributed by atoms with Crippen LogP contribution in [-0.2, 0) is 0 Å². The van der Waals surface area contributed by atoms with Crippen LogP contribution in [0.4, 0.5) is 0 Å². The van der Waals surface area contributed by atoms with E-state index in [9.17, 15) is 0 Å². The second-order valence-electron chi connectivity index (χ2n) is 4.35. The predicted molar refractivity (Wildman–Crippen MR) is 75.5 cm³/mol. The number of ether oxygens (including phenoxy) is 1. The number of benzene rings is 1. The van der Waals surface area contributed by atoms with Gasteiger partial charge in [0.1, 0.15) is 17.1 Å². The number of pyridine rings is 2. The Morgan fingerprint density at radius 3 is 2.85 bits per heavy atom. The van der Waals surface area contributed by atoms with Crippen molar-refractivity contribution in [3.63, 3.8) is 0 Å². The van der Waals surface area contributed by atoms with Crippen molar-refractivity contribution in [2.75, 3.05) is 0 Å². The molecular weight excluding hydrogens is 250 g/mol.